The molecule has 0 atom stereocenters. The van der Waals surface area contributed by atoms with E-state index in [0.717, 1.165) is 10.4 Å². The van der Waals surface area contributed by atoms with Gasteiger partial charge in [0.25, 0.3) is 0 Å². The van der Waals surface area contributed by atoms with Crippen molar-refractivity contribution in [2.45, 2.75) is 6.42 Å². The highest BCUT2D eigenvalue weighted by atomic mass is 32.1. The first-order valence-corrected chi connectivity index (χ1v) is 4.85. The van der Waals surface area contributed by atoms with Crippen LogP contribution in [0, 0.1) is 5.82 Å². The number of hydrogen-bond acceptors (Lipinski definition) is 2. The van der Waals surface area contributed by atoms with E-state index in [4.69, 9.17) is 0 Å². The van der Waals surface area contributed by atoms with E-state index in [1.807, 2.05) is 6.07 Å². The fraction of sp³-hybridized carbons (Fsp3) is 0.100. The quantitative estimate of drug-likeness (QED) is 0.714. The first-order chi connectivity index (χ1) is 6.36. The molecular weight excluding hydrogens is 185 g/mol. The molecular formula is C10H8FNS. The van der Waals surface area contributed by atoms with Crippen molar-refractivity contribution >= 4 is 11.3 Å². The van der Waals surface area contributed by atoms with E-state index in [-0.39, 0.29) is 5.82 Å². The fourth-order valence-electron chi connectivity index (χ4n) is 1.16. The standard InChI is InChI=1S/C10H8FNS/c11-10-4-2-1-3-8(10)5-9-6-12-7-13-9/h1-4,6-7H,5H2. The molecule has 0 unspecified atom stereocenters. The van der Waals surface area contributed by atoms with Gasteiger partial charge in [-0.2, -0.15) is 0 Å². The highest BCUT2D eigenvalue weighted by Crippen LogP contribution is 2.15. The van der Waals surface area contributed by atoms with Crippen molar-refractivity contribution in [2.75, 3.05) is 0 Å². The van der Waals surface area contributed by atoms with Crippen LogP contribution in [0.5, 0.6) is 0 Å². The molecule has 0 N–H and O–H groups in total. The fourth-order valence-corrected chi connectivity index (χ4v) is 1.78. The molecule has 0 saturated carbocycles. The number of halogens is 1. The van der Waals surface area contributed by atoms with Gasteiger partial charge in [-0.25, -0.2) is 4.39 Å². The molecule has 0 radical (unpaired) electrons. The number of nitrogens with zero attached hydrogens (tertiary/aromatic N) is 1. The second-order valence-corrected chi connectivity index (χ2v) is 3.71. The maximum absolute atomic E-state index is 13.2. The molecule has 0 fully saturated rings. The normalized spacial score (nSPS) is 10.2. The second-order valence-electron chi connectivity index (χ2n) is 2.74. The second kappa shape index (κ2) is 3.66. The van der Waals surface area contributed by atoms with Gasteiger partial charge in [0, 0.05) is 17.5 Å². The summed E-state index contributed by atoms with van der Waals surface area (Å²) in [4.78, 5) is 5.03. The predicted octanol–water partition coefficient (Wildman–Crippen LogP) is 2.87. The van der Waals surface area contributed by atoms with Crippen molar-refractivity contribution in [3.63, 3.8) is 0 Å². The zero-order valence-electron chi connectivity index (χ0n) is 6.90. The Balaban J connectivity index is 2.24. The SMILES string of the molecule is Fc1ccccc1Cc1cncs1. The van der Waals surface area contributed by atoms with Crippen molar-refractivity contribution < 1.29 is 4.39 Å². The predicted molar refractivity (Wildman–Crippen MR) is 51.3 cm³/mol. The molecule has 2 rings (SSSR count). The number of aromatic nitrogens is 1. The summed E-state index contributed by atoms with van der Waals surface area (Å²) in [5.74, 6) is -0.143. The van der Waals surface area contributed by atoms with Crippen LogP contribution in [-0.4, -0.2) is 4.98 Å². The van der Waals surface area contributed by atoms with E-state index in [2.05, 4.69) is 4.98 Å². The van der Waals surface area contributed by atoms with E-state index < -0.39 is 0 Å². The van der Waals surface area contributed by atoms with E-state index in [9.17, 15) is 4.39 Å². The Morgan fingerprint density at radius 2 is 2.15 bits per heavy atom. The van der Waals surface area contributed by atoms with Crippen molar-refractivity contribution in [3.05, 3.63) is 52.2 Å². The maximum Gasteiger partial charge on any atom is 0.126 e. The summed E-state index contributed by atoms with van der Waals surface area (Å²) in [6.45, 7) is 0. The molecule has 0 aliphatic heterocycles. The number of thiazole rings is 1. The molecule has 3 heteroatoms. The first-order valence-electron chi connectivity index (χ1n) is 3.97. The molecule has 0 aliphatic rings. The third-order valence-electron chi connectivity index (χ3n) is 1.81. The van der Waals surface area contributed by atoms with Gasteiger partial charge in [0.15, 0.2) is 0 Å². The van der Waals surface area contributed by atoms with Crippen LogP contribution in [0.1, 0.15) is 10.4 Å². The van der Waals surface area contributed by atoms with Crippen molar-refractivity contribution in [3.8, 4) is 0 Å². The molecule has 0 saturated heterocycles. The van der Waals surface area contributed by atoms with E-state index in [0.29, 0.717) is 6.42 Å². The molecule has 1 nitrogen and oxygen atoms in total. The molecule has 1 heterocycles. The molecule has 0 amide bonds. The minimum Gasteiger partial charge on any atom is -0.253 e. The van der Waals surface area contributed by atoms with E-state index >= 15 is 0 Å². The first kappa shape index (κ1) is 8.38. The minimum atomic E-state index is -0.143. The van der Waals surface area contributed by atoms with E-state index in [1.165, 1.54) is 6.07 Å². The summed E-state index contributed by atoms with van der Waals surface area (Å²) in [6.07, 6.45) is 2.41. The van der Waals surface area contributed by atoms with Crippen LogP contribution in [-0.2, 0) is 6.42 Å². The smallest absolute Gasteiger partial charge is 0.126 e. The van der Waals surface area contributed by atoms with Gasteiger partial charge in [-0.15, -0.1) is 11.3 Å². The monoisotopic (exact) mass is 193 g/mol. The molecule has 0 spiro atoms. The Morgan fingerprint density at radius 1 is 1.31 bits per heavy atom. The highest BCUT2D eigenvalue weighted by Gasteiger charge is 2.02. The summed E-state index contributed by atoms with van der Waals surface area (Å²) < 4.78 is 13.2. The van der Waals surface area contributed by atoms with Crippen LogP contribution >= 0.6 is 11.3 Å². The Kier molecular flexibility index (Phi) is 2.36. The Labute approximate surface area is 79.9 Å². The van der Waals surface area contributed by atoms with Gasteiger partial charge in [-0.1, -0.05) is 18.2 Å². The largest absolute Gasteiger partial charge is 0.253 e. The van der Waals surface area contributed by atoms with Gasteiger partial charge in [-0.3, -0.25) is 4.98 Å². The summed E-state index contributed by atoms with van der Waals surface area (Å²) in [6, 6.07) is 6.83. The summed E-state index contributed by atoms with van der Waals surface area (Å²) >= 11 is 1.55. The van der Waals surface area contributed by atoms with Gasteiger partial charge < -0.3 is 0 Å². The maximum atomic E-state index is 13.2. The zero-order valence-corrected chi connectivity index (χ0v) is 7.72. The van der Waals surface area contributed by atoms with Crippen molar-refractivity contribution in [1.29, 1.82) is 0 Å². The van der Waals surface area contributed by atoms with Crippen LogP contribution in [0.4, 0.5) is 4.39 Å². The van der Waals surface area contributed by atoms with Crippen LogP contribution < -0.4 is 0 Å². The molecule has 2 aromatic rings. The Morgan fingerprint density at radius 3 is 2.85 bits per heavy atom. The van der Waals surface area contributed by atoms with Gasteiger partial charge in [-0.05, 0) is 11.6 Å². The highest BCUT2D eigenvalue weighted by molar-refractivity contribution is 7.09. The third kappa shape index (κ3) is 1.92. The van der Waals surface area contributed by atoms with E-state index in [1.54, 1.807) is 35.2 Å². The molecule has 13 heavy (non-hydrogen) atoms. The number of benzene rings is 1. The molecule has 1 aromatic carbocycles. The number of rotatable bonds is 2. The lowest BCUT2D eigenvalue weighted by Crippen LogP contribution is -1.88. The molecule has 0 aliphatic carbocycles. The Hall–Kier alpha value is -1.22. The van der Waals surface area contributed by atoms with Gasteiger partial charge in [0.1, 0.15) is 5.82 Å². The molecule has 66 valence electrons. The summed E-state index contributed by atoms with van der Waals surface area (Å²) in [7, 11) is 0. The van der Waals surface area contributed by atoms with Gasteiger partial charge >= 0.3 is 0 Å². The third-order valence-corrected chi connectivity index (χ3v) is 2.59. The van der Waals surface area contributed by atoms with Gasteiger partial charge in [0.2, 0.25) is 0 Å². The molecule has 1 aromatic heterocycles. The average molecular weight is 193 g/mol. The lowest BCUT2D eigenvalue weighted by atomic mass is 10.1. The lowest BCUT2D eigenvalue weighted by Gasteiger charge is -1.98. The minimum absolute atomic E-state index is 0.143. The van der Waals surface area contributed by atoms with Crippen molar-refractivity contribution in [1.82, 2.24) is 4.98 Å². The summed E-state index contributed by atoms with van der Waals surface area (Å²) in [5, 5.41) is 0. The molecule has 0 bridgehead atoms. The van der Waals surface area contributed by atoms with Crippen LogP contribution in [0.25, 0.3) is 0 Å². The Bertz CT molecular complexity index is 384. The number of hydrogen-bond donors (Lipinski definition) is 0. The van der Waals surface area contributed by atoms with Crippen LogP contribution in [0.2, 0.25) is 0 Å². The summed E-state index contributed by atoms with van der Waals surface area (Å²) in [5.41, 5.74) is 2.49. The van der Waals surface area contributed by atoms with Crippen LogP contribution in [0.15, 0.2) is 36.0 Å². The zero-order chi connectivity index (χ0) is 9.10. The topological polar surface area (TPSA) is 12.9 Å². The lowest BCUT2D eigenvalue weighted by molar-refractivity contribution is 0.614. The average Bonchev–Trinajstić information content (AvgIpc) is 2.61. The van der Waals surface area contributed by atoms with Crippen molar-refractivity contribution in [2.24, 2.45) is 0 Å². The van der Waals surface area contributed by atoms with Gasteiger partial charge in [0.05, 0.1) is 5.51 Å². The van der Waals surface area contributed by atoms with Crippen LogP contribution in [0.3, 0.4) is 0 Å².